The Morgan fingerprint density at radius 3 is 2.40 bits per heavy atom. The van der Waals surface area contributed by atoms with E-state index in [0.717, 1.165) is 61.3 Å². The van der Waals surface area contributed by atoms with E-state index in [2.05, 4.69) is 36.1 Å². The van der Waals surface area contributed by atoms with Gasteiger partial charge in [-0.15, -0.1) is 0 Å². The first-order valence-corrected chi connectivity index (χ1v) is 16.0. The number of aryl methyl sites for hydroxylation is 2. The molecule has 1 amide bonds. The number of rotatable bonds is 12. The van der Waals surface area contributed by atoms with Crippen LogP contribution in [0.5, 0.6) is 0 Å². The number of pyridine rings is 2. The van der Waals surface area contributed by atoms with Crippen LogP contribution in [0, 0.1) is 36.9 Å². The predicted octanol–water partition coefficient (Wildman–Crippen LogP) is 7.99. The number of halogens is 4. The summed E-state index contributed by atoms with van der Waals surface area (Å²) in [6.07, 6.45) is 3.29. The summed E-state index contributed by atoms with van der Waals surface area (Å²) in [6, 6.07) is 9.44. The van der Waals surface area contributed by atoms with E-state index >= 15 is 0 Å². The molecule has 1 aromatic carbocycles. The van der Waals surface area contributed by atoms with Crippen LogP contribution < -0.4 is 5.32 Å². The molecule has 252 valence electrons. The summed E-state index contributed by atoms with van der Waals surface area (Å²) in [5.74, 6) is 0.535. The summed E-state index contributed by atoms with van der Waals surface area (Å²) in [7, 11) is 0. The topological polar surface area (TPSA) is 111 Å². The second-order valence-corrected chi connectivity index (χ2v) is 12.3. The number of nitrogens with zero attached hydrogens (tertiary/aromatic N) is 4. The molecule has 1 aliphatic rings. The van der Waals surface area contributed by atoms with Gasteiger partial charge in [-0.2, -0.15) is 18.4 Å². The average molecular weight is 654 g/mol. The number of nitriles is 1. The first-order valence-electron chi connectivity index (χ1n) is 16.0. The number of aliphatic imine (C=N–C) groups is 1. The van der Waals surface area contributed by atoms with E-state index in [4.69, 9.17) is 15.4 Å². The third-order valence-corrected chi connectivity index (χ3v) is 7.86. The van der Waals surface area contributed by atoms with Crippen LogP contribution in [-0.2, 0) is 17.4 Å². The maximum atomic E-state index is 14.3. The van der Waals surface area contributed by atoms with Gasteiger partial charge in [0.15, 0.2) is 0 Å². The fourth-order valence-electron chi connectivity index (χ4n) is 5.34. The van der Waals surface area contributed by atoms with Gasteiger partial charge in [-0.1, -0.05) is 33.3 Å². The lowest BCUT2D eigenvalue weighted by atomic mass is 9.96. The number of aliphatic hydroxyl groups is 1. The van der Waals surface area contributed by atoms with Gasteiger partial charge < -0.3 is 10.4 Å². The summed E-state index contributed by atoms with van der Waals surface area (Å²) < 4.78 is 53.4. The van der Waals surface area contributed by atoms with Crippen molar-refractivity contribution in [2.75, 3.05) is 6.61 Å². The first kappa shape index (κ1) is 37.3. The number of aliphatic hydroxyl groups excluding tert-OH is 1. The van der Waals surface area contributed by atoms with E-state index in [1.807, 2.05) is 19.1 Å². The van der Waals surface area contributed by atoms with Crippen molar-refractivity contribution >= 4 is 12.2 Å². The Morgan fingerprint density at radius 2 is 1.87 bits per heavy atom. The molecule has 47 heavy (non-hydrogen) atoms. The number of carbonyl (C=O) groups is 1. The number of nitrogens with one attached hydrogen (secondary N) is 1. The zero-order chi connectivity index (χ0) is 34.7. The molecule has 1 atom stereocenters. The Bertz CT molecular complexity index is 1570. The second kappa shape index (κ2) is 17.1. The maximum Gasteiger partial charge on any atom is 0.433 e. The highest BCUT2D eigenvalue weighted by Crippen LogP contribution is 2.42. The fourth-order valence-corrected chi connectivity index (χ4v) is 5.34. The Labute approximate surface area is 274 Å². The second-order valence-electron chi connectivity index (χ2n) is 12.3. The highest BCUT2D eigenvalue weighted by atomic mass is 19.4. The number of benzene rings is 1. The Balaban J connectivity index is 0.000000267. The first-order chi connectivity index (χ1) is 22.3. The lowest BCUT2D eigenvalue weighted by Gasteiger charge is -2.18. The van der Waals surface area contributed by atoms with Crippen LogP contribution in [0.25, 0.3) is 11.1 Å². The van der Waals surface area contributed by atoms with E-state index in [9.17, 15) is 22.4 Å². The summed E-state index contributed by atoms with van der Waals surface area (Å²) in [5.41, 5.74) is 3.78. The van der Waals surface area contributed by atoms with E-state index in [1.54, 1.807) is 13.0 Å². The molecule has 1 aliphatic carbocycles. The number of amides is 1. The summed E-state index contributed by atoms with van der Waals surface area (Å²) in [5, 5.41) is 20.4. The SMILES string of the molecule is CCC[C@H](CCC(C)C)N=C(NC=O)c1ccc(C(F)(F)F)nc1C1CC1.Cc1cc(-c2c(C)cc(CCO)cc2F)cnc1C#N. The van der Waals surface area contributed by atoms with Crippen molar-refractivity contribution in [1.29, 1.82) is 5.26 Å². The van der Waals surface area contributed by atoms with Crippen LogP contribution >= 0.6 is 0 Å². The van der Waals surface area contributed by atoms with Crippen molar-refractivity contribution in [3.8, 4) is 17.2 Å². The molecule has 0 unspecified atom stereocenters. The molecule has 0 spiro atoms. The standard InChI is InChI=1S/C20H28F3N3O.C16H15FN2O/c1-4-5-15(9-6-13(2)3)25-19(24-12-27)16-10-11-17(20(21,22)23)26-18(16)14-7-8-14;1-10-6-13(9-19-15(10)8-18)16-11(2)5-12(3-4-20)7-14(16)17/h10-15H,4-9H2,1-3H3,(H,24,25,27);5-7,9,20H,3-4H2,1-2H3/t15-;/m1./s1. The normalized spacial score (nSPS) is 13.9. The number of amidine groups is 1. The predicted molar refractivity (Wildman–Crippen MR) is 174 cm³/mol. The minimum Gasteiger partial charge on any atom is -0.396 e. The van der Waals surface area contributed by atoms with Gasteiger partial charge in [0.25, 0.3) is 0 Å². The molecule has 1 saturated carbocycles. The van der Waals surface area contributed by atoms with Crippen molar-refractivity contribution in [3.63, 3.8) is 0 Å². The molecule has 2 heterocycles. The summed E-state index contributed by atoms with van der Waals surface area (Å²) in [6.45, 7) is 9.95. The molecule has 0 bridgehead atoms. The average Bonchev–Trinajstić information content (AvgIpc) is 3.85. The zero-order valence-electron chi connectivity index (χ0n) is 27.6. The number of alkyl halides is 3. The third kappa shape index (κ3) is 10.7. The number of carbonyl (C=O) groups excluding carboxylic acids is 1. The molecule has 0 radical (unpaired) electrons. The van der Waals surface area contributed by atoms with Gasteiger partial charge in [-0.3, -0.25) is 9.79 Å². The van der Waals surface area contributed by atoms with Crippen LogP contribution in [0.2, 0.25) is 0 Å². The molecular weight excluding hydrogens is 610 g/mol. The lowest BCUT2D eigenvalue weighted by Crippen LogP contribution is -2.27. The van der Waals surface area contributed by atoms with E-state index in [1.165, 1.54) is 18.3 Å². The van der Waals surface area contributed by atoms with Crippen LogP contribution in [0.15, 0.2) is 41.5 Å². The van der Waals surface area contributed by atoms with E-state index in [0.29, 0.717) is 52.7 Å². The quantitative estimate of drug-likeness (QED) is 0.0891. The maximum absolute atomic E-state index is 14.3. The minimum atomic E-state index is -4.49. The number of hydrogen-bond donors (Lipinski definition) is 2. The van der Waals surface area contributed by atoms with Gasteiger partial charge in [-0.05, 0) is 99.2 Å². The Hall–Kier alpha value is -4.17. The van der Waals surface area contributed by atoms with Crippen molar-refractivity contribution in [3.05, 3.63) is 81.7 Å². The lowest BCUT2D eigenvalue weighted by molar-refractivity contribution is -0.141. The van der Waals surface area contributed by atoms with Crippen LogP contribution in [0.1, 0.15) is 105 Å². The molecule has 11 heteroatoms. The molecular formula is C36H43F4N5O2. The van der Waals surface area contributed by atoms with Gasteiger partial charge in [0.2, 0.25) is 6.41 Å². The Kier molecular flexibility index (Phi) is 13.6. The Morgan fingerprint density at radius 1 is 1.15 bits per heavy atom. The third-order valence-electron chi connectivity index (χ3n) is 7.86. The molecule has 1 fully saturated rings. The smallest absolute Gasteiger partial charge is 0.396 e. The highest BCUT2D eigenvalue weighted by Gasteiger charge is 2.36. The molecule has 2 N–H and O–H groups in total. The fraction of sp³-hybridized carbons (Fsp3) is 0.472. The van der Waals surface area contributed by atoms with Gasteiger partial charge in [0.1, 0.15) is 29.1 Å². The van der Waals surface area contributed by atoms with Gasteiger partial charge in [0.05, 0.1) is 11.7 Å². The zero-order valence-corrected chi connectivity index (χ0v) is 27.6. The molecule has 7 nitrogen and oxygen atoms in total. The molecule has 0 saturated heterocycles. The number of aromatic nitrogens is 2. The van der Waals surface area contributed by atoms with E-state index < -0.39 is 11.9 Å². The van der Waals surface area contributed by atoms with Crippen molar-refractivity contribution in [2.45, 2.75) is 97.7 Å². The van der Waals surface area contributed by atoms with Gasteiger partial charge >= 0.3 is 6.18 Å². The highest BCUT2D eigenvalue weighted by molar-refractivity contribution is 6.04. The van der Waals surface area contributed by atoms with Gasteiger partial charge in [0, 0.05) is 35.4 Å². The van der Waals surface area contributed by atoms with Crippen LogP contribution in [-0.4, -0.2) is 40.0 Å². The molecule has 4 rings (SSSR count). The van der Waals surface area contributed by atoms with Crippen LogP contribution in [0.3, 0.4) is 0 Å². The minimum absolute atomic E-state index is 0.00115. The van der Waals surface area contributed by atoms with E-state index in [-0.39, 0.29) is 24.4 Å². The van der Waals surface area contributed by atoms with Crippen molar-refractivity contribution in [2.24, 2.45) is 10.9 Å². The molecule has 0 aliphatic heterocycles. The largest absolute Gasteiger partial charge is 0.433 e. The van der Waals surface area contributed by atoms with Crippen molar-refractivity contribution < 1.29 is 27.5 Å². The molecule has 2 aromatic heterocycles. The summed E-state index contributed by atoms with van der Waals surface area (Å²) >= 11 is 0. The molecule has 3 aromatic rings. The monoisotopic (exact) mass is 653 g/mol. The van der Waals surface area contributed by atoms with Crippen molar-refractivity contribution in [1.82, 2.24) is 15.3 Å². The van der Waals surface area contributed by atoms with Crippen LogP contribution in [0.4, 0.5) is 17.6 Å². The summed E-state index contributed by atoms with van der Waals surface area (Å²) in [4.78, 5) is 23.8. The number of hydrogen-bond acceptors (Lipinski definition) is 6. The van der Waals surface area contributed by atoms with Gasteiger partial charge in [-0.25, -0.2) is 14.4 Å².